The summed E-state index contributed by atoms with van der Waals surface area (Å²) in [6.07, 6.45) is 4.63. The summed E-state index contributed by atoms with van der Waals surface area (Å²) < 4.78 is 0. The molecule has 2 aliphatic heterocycles. The molecule has 2 atom stereocenters. The summed E-state index contributed by atoms with van der Waals surface area (Å²) in [6.45, 7) is 4.04. The Balaban J connectivity index is 2.01. The molecule has 5 heteroatoms. The Labute approximate surface area is 113 Å². The van der Waals surface area contributed by atoms with E-state index < -0.39 is 0 Å². The first-order chi connectivity index (χ1) is 9.10. The first-order valence-electron chi connectivity index (χ1n) is 7.19. The van der Waals surface area contributed by atoms with Crippen LogP contribution in [0.15, 0.2) is 0 Å². The van der Waals surface area contributed by atoms with E-state index in [-0.39, 0.29) is 6.10 Å². The lowest BCUT2D eigenvalue weighted by Crippen LogP contribution is -2.45. The number of hydrogen-bond acceptors (Lipinski definition) is 5. The van der Waals surface area contributed by atoms with Gasteiger partial charge < -0.3 is 15.7 Å². The smallest absolute Gasteiger partial charge is 0.137 e. The third kappa shape index (κ3) is 2.06. The largest absolute Gasteiger partial charge is 0.393 e. The van der Waals surface area contributed by atoms with Crippen molar-refractivity contribution in [3.8, 4) is 0 Å². The number of anilines is 2. The van der Waals surface area contributed by atoms with Gasteiger partial charge in [0.25, 0.3) is 0 Å². The summed E-state index contributed by atoms with van der Waals surface area (Å²) >= 11 is 0. The van der Waals surface area contributed by atoms with Gasteiger partial charge >= 0.3 is 0 Å². The normalized spacial score (nSPS) is 29.8. The molecular formula is C14H22N4O. The first kappa shape index (κ1) is 12.7. The van der Waals surface area contributed by atoms with E-state index in [1.54, 1.807) is 0 Å². The number of nitrogen functional groups attached to an aromatic ring is 1. The number of aryl methyl sites for hydroxylation is 1. The van der Waals surface area contributed by atoms with Gasteiger partial charge in [0.15, 0.2) is 0 Å². The molecule has 0 amide bonds. The molecule has 0 spiro atoms. The highest BCUT2D eigenvalue weighted by atomic mass is 16.3. The van der Waals surface area contributed by atoms with Gasteiger partial charge in [-0.25, -0.2) is 9.97 Å². The van der Waals surface area contributed by atoms with Crippen LogP contribution in [0.2, 0.25) is 0 Å². The molecule has 2 saturated heterocycles. The maximum atomic E-state index is 9.90. The van der Waals surface area contributed by atoms with E-state index in [1.165, 1.54) is 0 Å². The van der Waals surface area contributed by atoms with Gasteiger partial charge in [0.05, 0.1) is 6.10 Å². The molecule has 1 aromatic rings. The molecule has 104 valence electrons. The van der Waals surface area contributed by atoms with Crippen molar-refractivity contribution in [3.63, 3.8) is 0 Å². The standard InChI is InChI=1S/C14H22N4O/c1-3-12-16-13(15)8(2)14(17-12)18-9-4-5-10(18)7-11(19)6-9/h9-11,19H,3-7H2,1-2H3,(H2,15,16,17). The van der Waals surface area contributed by atoms with Crippen molar-refractivity contribution in [2.24, 2.45) is 0 Å². The molecule has 3 heterocycles. The van der Waals surface area contributed by atoms with E-state index >= 15 is 0 Å². The molecule has 0 saturated carbocycles. The summed E-state index contributed by atoms with van der Waals surface area (Å²) in [5, 5.41) is 9.90. The third-order valence-electron chi connectivity index (χ3n) is 4.47. The highest BCUT2D eigenvalue weighted by molar-refractivity contribution is 5.58. The molecule has 0 radical (unpaired) electrons. The van der Waals surface area contributed by atoms with Gasteiger partial charge in [-0.1, -0.05) is 6.92 Å². The predicted octanol–water partition coefficient (Wildman–Crippen LogP) is 1.42. The quantitative estimate of drug-likeness (QED) is 0.843. The van der Waals surface area contributed by atoms with Crippen LogP contribution in [0.3, 0.4) is 0 Å². The Morgan fingerprint density at radius 3 is 2.47 bits per heavy atom. The highest BCUT2D eigenvalue weighted by Gasteiger charge is 2.41. The number of aromatic nitrogens is 2. The van der Waals surface area contributed by atoms with E-state index in [9.17, 15) is 5.11 Å². The van der Waals surface area contributed by atoms with Crippen molar-refractivity contribution in [3.05, 3.63) is 11.4 Å². The minimum absolute atomic E-state index is 0.154. The van der Waals surface area contributed by atoms with Gasteiger partial charge in [0, 0.05) is 24.1 Å². The molecule has 5 nitrogen and oxygen atoms in total. The van der Waals surface area contributed by atoms with Gasteiger partial charge in [-0.2, -0.15) is 0 Å². The molecule has 2 bridgehead atoms. The zero-order valence-electron chi connectivity index (χ0n) is 11.6. The zero-order valence-corrected chi connectivity index (χ0v) is 11.6. The first-order valence-corrected chi connectivity index (χ1v) is 7.19. The minimum atomic E-state index is -0.154. The average molecular weight is 262 g/mol. The minimum Gasteiger partial charge on any atom is -0.393 e. The number of fused-ring (bicyclic) bond motifs is 2. The lowest BCUT2D eigenvalue weighted by Gasteiger charge is -2.39. The van der Waals surface area contributed by atoms with Gasteiger partial charge in [-0.15, -0.1) is 0 Å². The average Bonchev–Trinajstić information content (AvgIpc) is 2.65. The predicted molar refractivity (Wildman–Crippen MR) is 75.1 cm³/mol. The summed E-state index contributed by atoms with van der Waals surface area (Å²) in [5.41, 5.74) is 6.99. The van der Waals surface area contributed by atoms with Crippen LogP contribution in [0, 0.1) is 6.92 Å². The van der Waals surface area contributed by atoms with Crippen LogP contribution in [0.25, 0.3) is 0 Å². The maximum absolute atomic E-state index is 9.90. The number of nitrogens with zero attached hydrogens (tertiary/aromatic N) is 3. The van der Waals surface area contributed by atoms with Crippen LogP contribution in [-0.2, 0) is 6.42 Å². The Bertz CT molecular complexity index is 477. The molecule has 3 rings (SSSR count). The Kier molecular flexibility index (Phi) is 3.09. The van der Waals surface area contributed by atoms with Crippen LogP contribution in [0.5, 0.6) is 0 Å². The SMILES string of the molecule is CCc1nc(N)c(C)c(N2C3CCC2CC(O)C3)n1. The van der Waals surface area contributed by atoms with Crippen molar-refractivity contribution in [1.82, 2.24) is 9.97 Å². The lowest BCUT2D eigenvalue weighted by atomic mass is 9.99. The molecule has 2 unspecified atom stereocenters. The summed E-state index contributed by atoms with van der Waals surface area (Å²) in [4.78, 5) is 11.4. The number of rotatable bonds is 2. The lowest BCUT2D eigenvalue weighted by molar-refractivity contribution is 0.126. The number of hydrogen-bond donors (Lipinski definition) is 2. The Hall–Kier alpha value is -1.36. The second kappa shape index (κ2) is 4.63. The fraction of sp³-hybridized carbons (Fsp3) is 0.714. The summed E-state index contributed by atoms with van der Waals surface area (Å²) in [6, 6.07) is 0.818. The fourth-order valence-corrected chi connectivity index (χ4v) is 3.47. The second-order valence-corrected chi connectivity index (χ2v) is 5.74. The second-order valence-electron chi connectivity index (χ2n) is 5.74. The van der Waals surface area contributed by atoms with E-state index in [2.05, 4.69) is 9.88 Å². The fourth-order valence-electron chi connectivity index (χ4n) is 3.47. The molecule has 1 aromatic heterocycles. The van der Waals surface area contributed by atoms with Crippen LogP contribution < -0.4 is 10.6 Å². The van der Waals surface area contributed by atoms with Crippen molar-refractivity contribution < 1.29 is 5.11 Å². The molecule has 2 fully saturated rings. The van der Waals surface area contributed by atoms with Gasteiger partial charge in [0.2, 0.25) is 0 Å². The van der Waals surface area contributed by atoms with Crippen molar-refractivity contribution in [1.29, 1.82) is 0 Å². The van der Waals surface area contributed by atoms with Gasteiger partial charge in [-0.05, 0) is 32.6 Å². The van der Waals surface area contributed by atoms with Gasteiger partial charge in [0.1, 0.15) is 17.5 Å². The Morgan fingerprint density at radius 1 is 1.26 bits per heavy atom. The van der Waals surface area contributed by atoms with Crippen LogP contribution in [0.1, 0.15) is 44.0 Å². The summed E-state index contributed by atoms with van der Waals surface area (Å²) in [5.74, 6) is 2.39. The van der Waals surface area contributed by atoms with Crippen molar-refractivity contribution in [2.45, 2.75) is 64.1 Å². The highest BCUT2D eigenvalue weighted by Crippen LogP contribution is 2.40. The van der Waals surface area contributed by atoms with Crippen molar-refractivity contribution >= 4 is 11.6 Å². The molecule has 0 aromatic carbocycles. The summed E-state index contributed by atoms with van der Waals surface area (Å²) in [7, 11) is 0. The van der Waals surface area contributed by atoms with E-state index in [0.29, 0.717) is 17.9 Å². The molecule has 2 aliphatic rings. The molecule has 19 heavy (non-hydrogen) atoms. The number of aliphatic hydroxyl groups is 1. The molecular weight excluding hydrogens is 240 g/mol. The van der Waals surface area contributed by atoms with Crippen LogP contribution in [0.4, 0.5) is 11.6 Å². The van der Waals surface area contributed by atoms with E-state index in [4.69, 9.17) is 10.7 Å². The van der Waals surface area contributed by atoms with Crippen LogP contribution >= 0.6 is 0 Å². The monoisotopic (exact) mass is 262 g/mol. The topological polar surface area (TPSA) is 75.3 Å². The zero-order chi connectivity index (χ0) is 13.6. The maximum Gasteiger partial charge on any atom is 0.137 e. The Morgan fingerprint density at radius 2 is 1.89 bits per heavy atom. The number of piperidine rings is 1. The van der Waals surface area contributed by atoms with E-state index in [1.807, 2.05) is 13.8 Å². The molecule has 3 N–H and O–H groups in total. The number of nitrogens with two attached hydrogens (primary N) is 1. The number of aliphatic hydroxyl groups excluding tert-OH is 1. The molecule has 0 aliphatic carbocycles. The van der Waals surface area contributed by atoms with Crippen molar-refractivity contribution in [2.75, 3.05) is 10.6 Å². The third-order valence-corrected chi connectivity index (χ3v) is 4.47. The van der Waals surface area contributed by atoms with Crippen LogP contribution in [-0.4, -0.2) is 33.3 Å². The van der Waals surface area contributed by atoms with E-state index in [0.717, 1.165) is 49.3 Å². The van der Waals surface area contributed by atoms with Gasteiger partial charge in [-0.3, -0.25) is 0 Å².